The molecule has 2 heterocycles. The topological polar surface area (TPSA) is 79.8 Å². The number of carbonyl (C=O) groups is 2. The number of anilines is 1. The average molecular weight is 382 g/mol. The number of hydrogen-bond donors (Lipinski definition) is 2. The van der Waals surface area contributed by atoms with Crippen LogP contribution in [0.3, 0.4) is 0 Å². The Labute approximate surface area is 155 Å². The lowest BCUT2D eigenvalue weighted by Crippen LogP contribution is -2.21. The van der Waals surface area contributed by atoms with E-state index in [1.165, 1.54) is 28.0 Å². The van der Waals surface area contributed by atoms with E-state index < -0.39 is 0 Å². The van der Waals surface area contributed by atoms with Crippen LogP contribution < -0.4 is 10.6 Å². The Kier molecular flexibility index (Phi) is 6.01. The maximum absolute atomic E-state index is 12.4. The van der Waals surface area contributed by atoms with Crippen molar-refractivity contribution in [3.63, 3.8) is 0 Å². The lowest BCUT2D eigenvalue weighted by molar-refractivity contribution is -0.113. The number of ether oxygens (including phenoxy) is 1. The van der Waals surface area contributed by atoms with Crippen LogP contribution >= 0.6 is 23.1 Å². The van der Waals surface area contributed by atoms with Crippen molar-refractivity contribution in [2.75, 3.05) is 30.8 Å². The van der Waals surface area contributed by atoms with Gasteiger partial charge in [0, 0.05) is 11.4 Å². The summed E-state index contributed by atoms with van der Waals surface area (Å²) in [5, 5.41) is 7.48. The van der Waals surface area contributed by atoms with E-state index in [4.69, 9.17) is 4.74 Å². The van der Waals surface area contributed by atoms with E-state index in [1.54, 1.807) is 6.92 Å². The minimum Gasteiger partial charge on any atom is -0.462 e. The number of aliphatic imine (C=N–C) groups is 1. The molecule has 1 aliphatic carbocycles. The molecule has 1 aliphatic heterocycles. The Morgan fingerprint density at radius 2 is 2.32 bits per heavy atom. The van der Waals surface area contributed by atoms with Gasteiger partial charge in [-0.25, -0.2) is 4.79 Å². The molecule has 1 aromatic heterocycles. The molecule has 3 rings (SSSR count). The molecule has 2 N–H and O–H groups in total. The Hall–Kier alpha value is -1.54. The van der Waals surface area contributed by atoms with Gasteiger partial charge in [0.1, 0.15) is 5.00 Å². The molecule has 0 saturated carbocycles. The predicted molar refractivity (Wildman–Crippen MR) is 103 cm³/mol. The highest BCUT2D eigenvalue weighted by atomic mass is 32.2. The van der Waals surface area contributed by atoms with E-state index >= 15 is 0 Å². The fourth-order valence-electron chi connectivity index (χ4n) is 3.03. The van der Waals surface area contributed by atoms with Crippen LogP contribution in [0.5, 0.6) is 0 Å². The smallest absolute Gasteiger partial charge is 0.341 e. The first-order valence-electron chi connectivity index (χ1n) is 8.61. The van der Waals surface area contributed by atoms with Gasteiger partial charge in [0.2, 0.25) is 5.91 Å². The van der Waals surface area contributed by atoms with Crippen molar-refractivity contribution in [1.82, 2.24) is 5.32 Å². The van der Waals surface area contributed by atoms with Crippen LogP contribution in [0.2, 0.25) is 0 Å². The molecular weight excluding hydrogens is 358 g/mol. The third-order valence-corrected chi connectivity index (χ3v) is 6.35. The average Bonchev–Trinajstić information content (AvgIpc) is 3.19. The second-order valence-corrected chi connectivity index (χ2v) is 8.30. The molecule has 136 valence electrons. The van der Waals surface area contributed by atoms with E-state index in [0.717, 1.165) is 43.1 Å². The number of thiophene rings is 1. The first kappa shape index (κ1) is 18.3. The van der Waals surface area contributed by atoms with Crippen LogP contribution in [0.4, 0.5) is 5.00 Å². The second-order valence-electron chi connectivity index (χ2n) is 6.23. The maximum Gasteiger partial charge on any atom is 0.341 e. The molecule has 0 unspecified atom stereocenters. The van der Waals surface area contributed by atoms with Gasteiger partial charge in [0.15, 0.2) is 5.17 Å². The van der Waals surface area contributed by atoms with Crippen molar-refractivity contribution in [3.05, 3.63) is 16.0 Å². The molecule has 1 atom stereocenters. The normalized spacial score (nSPS) is 19.0. The van der Waals surface area contributed by atoms with Crippen LogP contribution in [0.15, 0.2) is 4.99 Å². The Balaban J connectivity index is 1.74. The number of thioether (sulfide) groups is 1. The minimum atomic E-state index is -0.334. The Bertz CT molecular complexity index is 700. The van der Waals surface area contributed by atoms with Crippen LogP contribution in [0.25, 0.3) is 0 Å². The summed E-state index contributed by atoms with van der Waals surface area (Å²) >= 11 is 2.90. The third kappa shape index (κ3) is 4.36. The molecule has 0 bridgehead atoms. The van der Waals surface area contributed by atoms with Gasteiger partial charge in [0.05, 0.1) is 24.5 Å². The van der Waals surface area contributed by atoms with Gasteiger partial charge in [-0.1, -0.05) is 18.7 Å². The number of amides is 1. The first-order valence-corrected chi connectivity index (χ1v) is 10.4. The SMILES string of the molecule is CCOC(=O)c1c(NC(=O)CSC2=NCCN2)sc2c1CC[C@H](C)C2. The third-order valence-electron chi connectivity index (χ3n) is 4.23. The highest BCUT2D eigenvalue weighted by Crippen LogP contribution is 2.40. The molecule has 0 radical (unpaired) electrons. The summed E-state index contributed by atoms with van der Waals surface area (Å²) in [6.45, 7) is 5.92. The van der Waals surface area contributed by atoms with Gasteiger partial charge in [-0.15, -0.1) is 11.3 Å². The molecule has 0 saturated heterocycles. The minimum absolute atomic E-state index is 0.126. The van der Waals surface area contributed by atoms with Gasteiger partial charge in [-0.3, -0.25) is 9.79 Å². The van der Waals surface area contributed by atoms with Crippen molar-refractivity contribution in [1.29, 1.82) is 0 Å². The zero-order chi connectivity index (χ0) is 17.8. The molecule has 8 heteroatoms. The summed E-state index contributed by atoms with van der Waals surface area (Å²) in [4.78, 5) is 30.2. The number of hydrogen-bond acceptors (Lipinski definition) is 7. The van der Waals surface area contributed by atoms with E-state index in [0.29, 0.717) is 23.1 Å². The lowest BCUT2D eigenvalue weighted by Gasteiger charge is -2.18. The molecule has 2 aliphatic rings. The quantitative estimate of drug-likeness (QED) is 0.767. The van der Waals surface area contributed by atoms with Crippen molar-refractivity contribution < 1.29 is 14.3 Å². The van der Waals surface area contributed by atoms with Gasteiger partial charge < -0.3 is 15.4 Å². The molecule has 6 nitrogen and oxygen atoms in total. The highest BCUT2D eigenvalue weighted by Gasteiger charge is 2.29. The monoisotopic (exact) mass is 381 g/mol. The van der Waals surface area contributed by atoms with Crippen molar-refractivity contribution in [2.45, 2.75) is 33.1 Å². The summed E-state index contributed by atoms with van der Waals surface area (Å²) in [6, 6.07) is 0. The molecule has 1 aromatic rings. The van der Waals surface area contributed by atoms with E-state index in [-0.39, 0.29) is 17.6 Å². The summed E-state index contributed by atoms with van der Waals surface area (Å²) < 4.78 is 5.22. The van der Waals surface area contributed by atoms with E-state index in [1.807, 2.05) is 0 Å². The number of amidine groups is 1. The van der Waals surface area contributed by atoms with Gasteiger partial charge in [-0.2, -0.15) is 0 Å². The van der Waals surface area contributed by atoms with Crippen molar-refractivity contribution in [2.24, 2.45) is 10.9 Å². The molecular formula is C17H23N3O3S2. The summed E-state index contributed by atoms with van der Waals surface area (Å²) in [6.07, 6.45) is 2.88. The lowest BCUT2D eigenvalue weighted by atomic mass is 9.88. The van der Waals surface area contributed by atoms with Crippen molar-refractivity contribution in [3.8, 4) is 0 Å². The zero-order valence-corrected chi connectivity index (χ0v) is 16.1. The van der Waals surface area contributed by atoms with Gasteiger partial charge in [0.25, 0.3) is 0 Å². The van der Waals surface area contributed by atoms with Gasteiger partial charge in [-0.05, 0) is 37.7 Å². The van der Waals surface area contributed by atoms with Crippen LogP contribution in [-0.2, 0) is 22.4 Å². The fourth-order valence-corrected chi connectivity index (χ4v) is 5.17. The first-order chi connectivity index (χ1) is 12.1. The number of rotatable bonds is 5. The Morgan fingerprint density at radius 1 is 1.48 bits per heavy atom. The number of fused-ring (bicyclic) bond motifs is 1. The second kappa shape index (κ2) is 8.23. The maximum atomic E-state index is 12.4. The largest absolute Gasteiger partial charge is 0.462 e. The van der Waals surface area contributed by atoms with E-state index in [9.17, 15) is 9.59 Å². The molecule has 25 heavy (non-hydrogen) atoms. The fraction of sp³-hybridized carbons (Fsp3) is 0.588. The summed E-state index contributed by atoms with van der Waals surface area (Å²) in [5.41, 5.74) is 1.62. The van der Waals surface area contributed by atoms with Crippen LogP contribution in [-0.4, -0.2) is 42.5 Å². The summed E-state index contributed by atoms with van der Waals surface area (Å²) in [7, 11) is 0. The zero-order valence-electron chi connectivity index (χ0n) is 14.5. The van der Waals surface area contributed by atoms with Crippen LogP contribution in [0.1, 0.15) is 41.1 Å². The molecule has 0 spiro atoms. The summed E-state index contributed by atoms with van der Waals surface area (Å²) in [5.74, 6) is 0.414. The van der Waals surface area contributed by atoms with Crippen LogP contribution in [0, 0.1) is 5.92 Å². The predicted octanol–water partition coefficient (Wildman–Crippen LogP) is 2.68. The van der Waals surface area contributed by atoms with E-state index in [2.05, 4.69) is 22.5 Å². The number of nitrogens with one attached hydrogen (secondary N) is 2. The van der Waals surface area contributed by atoms with Gasteiger partial charge >= 0.3 is 5.97 Å². The Morgan fingerprint density at radius 3 is 3.04 bits per heavy atom. The highest BCUT2D eigenvalue weighted by molar-refractivity contribution is 8.14. The number of nitrogens with zero attached hydrogens (tertiary/aromatic N) is 1. The van der Waals surface area contributed by atoms with Crippen molar-refractivity contribution >= 4 is 45.1 Å². The number of esters is 1. The molecule has 0 fully saturated rings. The standard InChI is InChI=1S/C17H23N3O3S2/c1-3-23-16(22)14-11-5-4-10(2)8-12(11)25-15(14)20-13(21)9-24-17-18-6-7-19-17/h10H,3-9H2,1-2H3,(H,18,19)(H,20,21)/t10-/m0/s1. The molecule has 1 amide bonds. The molecule has 0 aromatic carbocycles. The number of carbonyl (C=O) groups excluding carboxylic acids is 2.